The van der Waals surface area contributed by atoms with Gasteiger partial charge in [-0.05, 0) is 52.4 Å². The molecule has 2 aromatic heterocycles. The lowest BCUT2D eigenvalue weighted by molar-refractivity contribution is 1.49. The van der Waals surface area contributed by atoms with Crippen LogP contribution in [-0.2, 0) is 0 Å². The maximum atomic E-state index is 3.85. The number of nitrogens with one attached hydrogen (secondary N) is 1. The molecule has 7 rings (SSSR count). The molecule has 0 amide bonds. The molecule has 0 atom stereocenters. The topological polar surface area (TPSA) is 15.8 Å². The zero-order chi connectivity index (χ0) is 22.1. The molecule has 0 aliphatic carbocycles. The lowest BCUT2D eigenvalue weighted by atomic mass is 9.98. The standard InChI is InChI=1S/C31H21NS/c1-3-4-8-21-18(2)10-13-24-29-25-17-26-23-14-11-19-7-5-6-9-22(19)30(23)32-27(26)16-20(25)12-15-28(29)33-31(21)24/h3-17,32H,1H2,2H3/b8-4-. The van der Waals surface area contributed by atoms with Crippen LogP contribution in [0.5, 0.6) is 0 Å². The highest BCUT2D eigenvalue weighted by atomic mass is 32.1. The molecule has 156 valence electrons. The first-order valence-electron chi connectivity index (χ1n) is 11.2. The summed E-state index contributed by atoms with van der Waals surface area (Å²) in [5.74, 6) is 0. The second-order valence-corrected chi connectivity index (χ2v) is 9.81. The molecule has 7 aromatic rings. The summed E-state index contributed by atoms with van der Waals surface area (Å²) < 4.78 is 2.68. The first kappa shape index (κ1) is 18.7. The first-order valence-corrected chi connectivity index (χ1v) is 12.1. The van der Waals surface area contributed by atoms with Crippen molar-refractivity contribution < 1.29 is 0 Å². The normalized spacial score (nSPS) is 12.4. The third kappa shape index (κ3) is 2.59. The number of benzene rings is 5. The van der Waals surface area contributed by atoms with Crippen molar-refractivity contribution in [3.05, 3.63) is 103 Å². The Morgan fingerprint density at radius 3 is 2.55 bits per heavy atom. The Hall–Kier alpha value is -3.88. The van der Waals surface area contributed by atoms with Crippen LogP contribution in [0.1, 0.15) is 11.1 Å². The van der Waals surface area contributed by atoms with E-state index in [0.717, 1.165) is 0 Å². The van der Waals surface area contributed by atoms with Gasteiger partial charge in [0.2, 0.25) is 0 Å². The fraction of sp³-hybridized carbons (Fsp3) is 0.0323. The highest BCUT2D eigenvalue weighted by Crippen LogP contribution is 2.43. The van der Waals surface area contributed by atoms with Crippen LogP contribution in [0.3, 0.4) is 0 Å². The van der Waals surface area contributed by atoms with Gasteiger partial charge in [0.15, 0.2) is 0 Å². The van der Waals surface area contributed by atoms with Crippen molar-refractivity contribution in [1.29, 1.82) is 0 Å². The Kier molecular flexibility index (Phi) is 3.85. The molecule has 0 fully saturated rings. The van der Waals surface area contributed by atoms with Crippen LogP contribution in [-0.4, -0.2) is 4.98 Å². The molecule has 0 unspecified atom stereocenters. The summed E-state index contributed by atoms with van der Waals surface area (Å²) in [6.07, 6.45) is 6.06. The van der Waals surface area contributed by atoms with Crippen molar-refractivity contribution in [2.75, 3.05) is 0 Å². The van der Waals surface area contributed by atoms with Gasteiger partial charge in [-0.15, -0.1) is 11.3 Å². The second kappa shape index (κ2) is 6.81. The minimum absolute atomic E-state index is 1.19. The van der Waals surface area contributed by atoms with Crippen LogP contribution >= 0.6 is 11.3 Å². The molecule has 2 heteroatoms. The van der Waals surface area contributed by atoms with Crippen molar-refractivity contribution in [2.45, 2.75) is 6.92 Å². The van der Waals surface area contributed by atoms with Gasteiger partial charge < -0.3 is 4.98 Å². The third-order valence-electron chi connectivity index (χ3n) is 6.89. The van der Waals surface area contributed by atoms with Gasteiger partial charge in [-0.25, -0.2) is 0 Å². The summed E-state index contributed by atoms with van der Waals surface area (Å²) in [5.41, 5.74) is 5.00. The number of aromatic nitrogens is 1. The van der Waals surface area contributed by atoms with Crippen molar-refractivity contribution in [3.63, 3.8) is 0 Å². The van der Waals surface area contributed by atoms with E-state index in [1.807, 2.05) is 23.5 Å². The Morgan fingerprint density at radius 2 is 1.64 bits per heavy atom. The molecule has 5 aromatic carbocycles. The average Bonchev–Trinajstić information content (AvgIpc) is 3.40. The molecular weight excluding hydrogens is 418 g/mol. The SMILES string of the molecule is C=C/C=C\c1c(C)ccc2c1sc1ccc3cc4[nH]c5c6ccccc6ccc5c4cc3c12. The largest absolute Gasteiger partial charge is 0.354 e. The van der Waals surface area contributed by atoms with Crippen molar-refractivity contribution >= 4 is 80.9 Å². The number of allylic oxidation sites excluding steroid dienone is 2. The summed E-state index contributed by atoms with van der Waals surface area (Å²) in [4.78, 5) is 3.72. The molecule has 1 nitrogen and oxygen atoms in total. The fourth-order valence-corrected chi connectivity index (χ4v) is 6.59. The molecule has 0 saturated carbocycles. The number of aromatic amines is 1. The number of hydrogen-bond donors (Lipinski definition) is 1. The molecule has 0 saturated heterocycles. The number of hydrogen-bond acceptors (Lipinski definition) is 1. The molecule has 0 spiro atoms. The van der Waals surface area contributed by atoms with E-state index in [1.165, 1.54) is 74.6 Å². The minimum Gasteiger partial charge on any atom is -0.354 e. The predicted octanol–water partition coefficient (Wildman–Crippen LogP) is 9.50. The van der Waals surface area contributed by atoms with E-state index in [2.05, 4.69) is 97.4 Å². The number of rotatable bonds is 2. The van der Waals surface area contributed by atoms with Crippen LogP contribution in [0, 0.1) is 6.92 Å². The highest BCUT2D eigenvalue weighted by molar-refractivity contribution is 7.26. The van der Waals surface area contributed by atoms with E-state index < -0.39 is 0 Å². The average molecular weight is 440 g/mol. The zero-order valence-corrected chi connectivity index (χ0v) is 19.1. The molecule has 1 N–H and O–H groups in total. The number of fused-ring (bicyclic) bond motifs is 10. The lowest BCUT2D eigenvalue weighted by Crippen LogP contribution is -1.81. The van der Waals surface area contributed by atoms with E-state index in [4.69, 9.17) is 0 Å². The van der Waals surface area contributed by atoms with Gasteiger partial charge in [0.1, 0.15) is 0 Å². The quantitative estimate of drug-likeness (QED) is 0.258. The Labute approximate surface area is 195 Å². The number of aryl methyl sites for hydroxylation is 1. The zero-order valence-electron chi connectivity index (χ0n) is 18.3. The van der Waals surface area contributed by atoms with E-state index in [-0.39, 0.29) is 0 Å². The van der Waals surface area contributed by atoms with Crippen LogP contribution in [0.25, 0.3) is 69.6 Å². The summed E-state index contributed by atoms with van der Waals surface area (Å²) >= 11 is 1.89. The Morgan fingerprint density at radius 1 is 0.788 bits per heavy atom. The monoisotopic (exact) mass is 439 g/mol. The molecule has 0 aliphatic rings. The summed E-state index contributed by atoms with van der Waals surface area (Å²) in [6, 6.07) is 26.9. The van der Waals surface area contributed by atoms with E-state index in [1.54, 1.807) is 0 Å². The predicted molar refractivity (Wildman–Crippen MR) is 148 cm³/mol. The van der Waals surface area contributed by atoms with Crippen molar-refractivity contribution in [1.82, 2.24) is 4.98 Å². The molecule has 33 heavy (non-hydrogen) atoms. The van der Waals surface area contributed by atoms with Crippen LogP contribution in [0.4, 0.5) is 0 Å². The molecule has 2 heterocycles. The Balaban J connectivity index is 1.63. The maximum absolute atomic E-state index is 3.85. The third-order valence-corrected chi connectivity index (χ3v) is 8.10. The Bertz CT molecular complexity index is 1950. The summed E-state index contributed by atoms with van der Waals surface area (Å²) in [7, 11) is 0. The molecular formula is C31H21NS. The van der Waals surface area contributed by atoms with Gasteiger partial charge in [-0.3, -0.25) is 0 Å². The fourth-order valence-electron chi connectivity index (χ4n) is 5.29. The van der Waals surface area contributed by atoms with E-state index >= 15 is 0 Å². The van der Waals surface area contributed by atoms with Gasteiger partial charge in [-0.2, -0.15) is 0 Å². The first-order chi connectivity index (χ1) is 16.2. The van der Waals surface area contributed by atoms with E-state index in [9.17, 15) is 0 Å². The van der Waals surface area contributed by atoms with Gasteiger partial charge in [-0.1, -0.05) is 79.4 Å². The molecule has 0 bridgehead atoms. The van der Waals surface area contributed by atoms with Gasteiger partial charge in [0.05, 0.1) is 5.52 Å². The lowest BCUT2D eigenvalue weighted by Gasteiger charge is -2.04. The van der Waals surface area contributed by atoms with Crippen LogP contribution in [0.2, 0.25) is 0 Å². The van der Waals surface area contributed by atoms with Gasteiger partial charge >= 0.3 is 0 Å². The number of H-pyrrole nitrogens is 1. The number of thiophene rings is 1. The second-order valence-electron chi connectivity index (χ2n) is 8.76. The summed E-state index contributed by atoms with van der Waals surface area (Å²) in [5, 5.41) is 10.4. The van der Waals surface area contributed by atoms with Crippen LogP contribution < -0.4 is 0 Å². The summed E-state index contributed by atoms with van der Waals surface area (Å²) in [6.45, 7) is 6.04. The minimum atomic E-state index is 1.19. The van der Waals surface area contributed by atoms with Crippen molar-refractivity contribution in [3.8, 4) is 0 Å². The maximum Gasteiger partial charge on any atom is 0.0544 e. The molecule has 0 aliphatic heterocycles. The van der Waals surface area contributed by atoms with Gasteiger partial charge in [0, 0.05) is 41.8 Å². The highest BCUT2D eigenvalue weighted by Gasteiger charge is 2.15. The smallest absolute Gasteiger partial charge is 0.0544 e. The van der Waals surface area contributed by atoms with Crippen LogP contribution in [0.15, 0.2) is 91.5 Å². The molecule has 0 radical (unpaired) electrons. The van der Waals surface area contributed by atoms with Crippen molar-refractivity contribution in [2.24, 2.45) is 0 Å². The van der Waals surface area contributed by atoms with E-state index in [0.29, 0.717) is 0 Å². The van der Waals surface area contributed by atoms with Gasteiger partial charge in [0.25, 0.3) is 0 Å².